The van der Waals surface area contributed by atoms with Crippen LogP contribution in [0.15, 0.2) is 48.5 Å². The third-order valence-electron chi connectivity index (χ3n) is 5.05. The van der Waals surface area contributed by atoms with Crippen molar-refractivity contribution in [2.45, 2.75) is 43.9 Å². The van der Waals surface area contributed by atoms with Gasteiger partial charge in [-0.05, 0) is 43.0 Å². The van der Waals surface area contributed by atoms with Gasteiger partial charge in [-0.3, -0.25) is 4.79 Å². The predicted molar refractivity (Wildman–Crippen MR) is 97.2 cm³/mol. The summed E-state index contributed by atoms with van der Waals surface area (Å²) in [7, 11) is 0. The van der Waals surface area contributed by atoms with Crippen molar-refractivity contribution in [3.63, 3.8) is 0 Å². The average Bonchev–Trinajstić information content (AvgIpc) is 3.36. The fraction of sp³-hybridized carbons (Fsp3) is 0.350. The maximum atomic E-state index is 13.1. The number of benzene rings is 2. The fourth-order valence-corrected chi connectivity index (χ4v) is 3.53. The first-order chi connectivity index (χ1) is 12.6. The summed E-state index contributed by atoms with van der Waals surface area (Å²) in [6, 6.07) is 14.1. The van der Waals surface area contributed by atoms with E-state index in [-0.39, 0.29) is 35.5 Å². The molecule has 0 radical (unpaired) electrons. The lowest BCUT2D eigenvalue weighted by Gasteiger charge is -2.25. The number of carbonyl (C=O) groups excluding carboxylic acids is 1. The molecule has 2 atom stereocenters. The molecule has 4 N–H and O–H groups in total. The quantitative estimate of drug-likeness (QED) is 0.662. The molecule has 0 aromatic heterocycles. The Kier molecular flexibility index (Phi) is 4.53. The first kappa shape index (κ1) is 16.9. The van der Waals surface area contributed by atoms with Gasteiger partial charge in [-0.25, -0.2) is 10.9 Å². The van der Waals surface area contributed by atoms with Crippen LogP contribution >= 0.6 is 0 Å². The van der Waals surface area contributed by atoms with Gasteiger partial charge >= 0.3 is 0 Å². The summed E-state index contributed by atoms with van der Waals surface area (Å²) in [5.41, 5.74) is 7.94. The second kappa shape index (κ2) is 6.97. The van der Waals surface area contributed by atoms with E-state index in [0.717, 1.165) is 24.0 Å². The van der Waals surface area contributed by atoms with Crippen molar-refractivity contribution in [1.82, 2.24) is 15.8 Å². The molecular formula is C20H23N3O3. The minimum atomic E-state index is -0.336. The third kappa shape index (κ3) is 3.52. The second-order valence-corrected chi connectivity index (χ2v) is 7.06. The van der Waals surface area contributed by atoms with Crippen LogP contribution in [0, 0.1) is 0 Å². The molecular weight excluding hydrogens is 330 g/mol. The zero-order valence-corrected chi connectivity index (χ0v) is 14.4. The van der Waals surface area contributed by atoms with E-state index in [1.807, 2.05) is 23.1 Å². The van der Waals surface area contributed by atoms with Crippen molar-refractivity contribution >= 4 is 5.91 Å². The molecule has 1 aliphatic heterocycles. The second-order valence-electron chi connectivity index (χ2n) is 7.06. The Bertz CT molecular complexity index is 806. The number of amides is 1. The minimum Gasteiger partial charge on any atom is -0.508 e. The SMILES string of the molecule is O=C(C1CC(c2ccccc2O)NN1)N(Cc1cccc(O)c1)C1CC1. The molecule has 26 heavy (non-hydrogen) atoms. The summed E-state index contributed by atoms with van der Waals surface area (Å²) < 4.78 is 0. The predicted octanol–water partition coefficient (Wildman–Crippen LogP) is 2.20. The standard InChI is InChI=1S/C20H23N3O3/c24-15-5-3-4-13(10-15)12-23(14-8-9-14)20(26)18-11-17(21-22-18)16-6-1-2-7-19(16)25/h1-7,10,14,17-18,21-22,24-25H,8-9,11-12H2. The molecule has 1 heterocycles. The van der Waals surface area contributed by atoms with Gasteiger partial charge in [0.25, 0.3) is 0 Å². The van der Waals surface area contributed by atoms with E-state index in [0.29, 0.717) is 13.0 Å². The lowest BCUT2D eigenvalue weighted by molar-refractivity contribution is -0.134. The zero-order valence-electron chi connectivity index (χ0n) is 14.4. The molecule has 136 valence electrons. The number of hydrazine groups is 1. The van der Waals surface area contributed by atoms with Gasteiger partial charge in [-0.1, -0.05) is 30.3 Å². The normalized spacial score (nSPS) is 22.3. The summed E-state index contributed by atoms with van der Waals surface area (Å²) in [5, 5.41) is 19.7. The topological polar surface area (TPSA) is 84.8 Å². The van der Waals surface area contributed by atoms with E-state index < -0.39 is 0 Å². The third-order valence-corrected chi connectivity index (χ3v) is 5.05. The molecule has 0 bridgehead atoms. The molecule has 2 fully saturated rings. The van der Waals surface area contributed by atoms with Gasteiger partial charge in [0.15, 0.2) is 0 Å². The van der Waals surface area contributed by atoms with E-state index in [4.69, 9.17) is 0 Å². The van der Waals surface area contributed by atoms with Gasteiger partial charge in [0, 0.05) is 18.2 Å². The first-order valence-electron chi connectivity index (χ1n) is 8.99. The van der Waals surface area contributed by atoms with E-state index in [2.05, 4.69) is 10.9 Å². The zero-order chi connectivity index (χ0) is 18.1. The number of carbonyl (C=O) groups is 1. The van der Waals surface area contributed by atoms with Gasteiger partial charge < -0.3 is 15.1 Å². The highest BCUT2D eigenvalue weighted by Gasteiger charge is 2.39. The van der Waals surface area contributed by atoms with Crippen LogP contribution in [-0.4, -0.2) is 33.1 Å². The Balaban J connectivity index is 1.46. The van der Waals surface area contributed by atoms with Crippen LogP contribution in [0.2, 0.25) is 0 Å². The Morgan fingerprint density at radius 2 is 1.88 bits per heavy atom. The van der Waals surface area contributed by atoms with Crippen molar-refractivity contribution in [3.8, 4) is 11.5 Å². The first-order valence-corrected chi connectivity index (χ1v) is 8.99. The molecule has 4 rings (SSSR count). The Labute approximate surface area is 152 Å². The highest BCUT2D eigenvalue weighted by Crippen LogP contribution is 2.33. The Morgan fingerprint density at radius 3 is 2.62 bits per heavy atom. The van der Waals surface area contributed by atoms with Crippen molar-refractivity contribution < 1.29 is 15.0 Å². The van der Waals surface area contributed by atoms with E-state index in [1.54, 1.807) is 30.3 Å². The number of hydrogen-bond donors (Lipinski definition) is 4. The maximum absolute atomic E-state index is 13.1. The molecule has 1 aliphatic carbocycles. The summed E-state index contributed by atoms with van der Waals surface area (Å²) in [5.74, 6) is 0.506. The van der Waals surface area contributed by atoms with Gasteiger partial charge in [-0.15, -0.1) is 0 Å². The highest BCUT2D eigenvalue weighted by atomic mass is 16.3. The molecule has 6 nitrogen and oxygen atoms in total. The monoisotopic (exact) mass is 353 g/mol. The van der Waals surface area contributed by atoms with Crippen LogP contribution < -0.4 is 10.9 Å². The van der Waals surface area contributed by atoms with Crippen molar-refractivity contribution in [1.29, 1.82) is 0 Å². The molecule has 0 spiro atoms. The van der Waals surface area contributed by atoms with Crippen molar-refractivity contribution in [2.75, 3.05) is 0 Å². The summed E-state index contributed by atoms with van der Waals surface area (Å²) in [4.78, 5) is 15.0. The van der Waals surface area contributed by atoms with Gasteiger partial charge in [0.05, 0.1) is 6.04 Å². The van der Waals surface area contributed by atoms with Crippen LogP contribution in [0.1, 0.15) is 36.4 Å². The Morgan fingerprint density at radius 1 is 1.08 bits per heavy atom. The molecule has 2 aliphatic rings. The molecule has 1 amide bonds. The fourth-order valence-electron chi connectivity index (χ4n) is 3.53. The highest BCUT2D eigenvalue weighted by molar-refractivity contribution is 5.83. The molecule has 1 saturated heterocycles. The Hall–Kier alpha value is -2.57. The molecule has 2 aromatic rings. The van der Waals surface area contributed by atoms with Crippen LogP contribution in [0.3, 0.4) is 0 Å². The van der Waals surface area contributed by atoms with Crippen molar-refractivity contribution in [3.05, 3.63) is 59.7 Å². The number of nitrogens with one attached hydrogen (secondary N) is 2. The van der Waals surface area contributed by atoms with E-state index >= 15 is 0 Å². The average molecular weight is 353 g/mol. The van der Waals surface area contributed by atoms with Crippen LogP contribution in [0.25, 0.3) is 0 Å². The van der Waals surface area contributed by atoms with Gasteiger partial charge in [0.2, 0.25) is 5.91 Å². The number of hydrogen-bond acceptors (Lipinski definition) is 5. The number of para-hydroxylation sites is 1. The molecule has 2 aromatic carbocycles. The number of nitrogens with zero attached hydrogens (tertiary/aromatic N) is 1. The largest absolute Gasteiger partial charge is 0.508 e. The van der Waals surface area contributed by atoms with Crippen molar-refractivity contribution in [2.24, 2.45) is 0 Å². The van der Waals surface area contributed by atoms with Crippen LogP contribution in [-0.2, 0) is 11.3 Å². The summed E-state index contributed by atoms with van der Waals surface area (Å²) in [6.07, 6.45) is 2.63. The molecule has 2 unspecified atom stereocenters. The molecule has 6 heteroatoms. The van der Waals surface area contributed by atoms with E-state index in [1.165, 1.54) is 0 Å². The lowest BCUT2D eigenvalue weighted by atomic mass is 10.0. The smallest absolute Gasteiger partial charge is 0.241 e. The van der Waals surface area contributed by atoms with Crippen LogP contribution in [0.5, 0.6) is 11.5 Å². The van der Waals surface area contributed by atoms with Gasteiger partial charge in [0.1, 0.15) is 17.5 Å². The number of aromatic hydroxyl groups is 2. The van der Waals surface area contributed by atoms with Gasteiger partial charge in [-0.2, -0.15) is 0 Å². The number of phenols is 2. The minimum absolute atomic E-state index is 0.0567. The lowest BCUT2D eigenvalue weighted by Crippen LogP contribution is -2.46. The van der Waals surface area contributed by atoms with E-state index in [9.17, 15) is 15.0 Å². The summed E-state index contributed by atoms with van der Waals surface area (Å²) >= 11 is 0. The maximum Gasteiger partial charge on any atom is 0.241 e. The number of phenolic OH excluding ortho intramolecular Hbond substituents is 2. The molecule has 1 saturated carbocycles. The number of rotatable bonds is 5. The summed E-state index contributed by atoms with van der Waals surface area (Å²) in [6.45, 7) is 0.497. The van der Waals surface area contributed by atoms with Crippen LogP contribution in [0.4, 0.5) is 0 Å².